The van der Waals surface area contributed by atoms with Crippen molar-refractivity contribution in [2.75, 3.05) is 4.90 Å². The van der Waals surface area contributed by atoms with Crippen molar-refractivity contribution in [2.24, 2.45) is 0 Å². The molecule has 0 aromatic heterocycles. The summed E-state index contributed by atoms with van der Waals surface area (Å²) in [6.45, 7) is 11.8. The normalized spacial score (nSPS) is 10.9. The number of rotatable bonds is 5. The molecule has 0 bridgehead atoms. The number of hydrogen-bond donors (Lipinski definition) is 3. The van der Waals surface area contributed by atoms with Crippen molar-refractivity contribution in [3.8, 4) is 28.7 Å². The van der Waals surface area contributed by atoms with Crippen LogP contribution in [-0.2, 0) is 0 Å². The number of phenols is 3. The molecule has 0 amide bonds. The minimum atomic E-state index is 0.146. The smallest absolute Gasteiger partial charge is 0.151 e. The maximum Gasteiger partial charge on any atom is 0.151 e. The van der Waals surface area contributed by atoms with Crippen molar-refractivity contribution in [3.05, 3.63) is 94.0 Å². The third-order valence-corrected chi connectivity index (χ3v) is 6.33. The topological polar surface area (TPSA) is 73.2 Å². The Morgan fingerprint density at radius 1 is 0.543 bits per heavy atom. The van der Waals surface area contributed by atoms with Gasteiger partial charge < -0.3 is 25.0 Å². The van der Waals surface area contributed by atoms with Crippen molar-refractivity contribution in [1.82, 2.24) is 0 Å². The molecule has 0 atom stereocenters. The molecule has 0 fully saturated rings. The fraction of sp³-hybridized carbons (Fsp3) is 0.200. The first kappa shape index (κ1) is 24.0. The Balaban J connectivity index is 2.00. The fourth-order valence-corrected chi connectivity index (χ4v) is 4.69. The van der Waals surface area contributed by atoms with E-state index in [1.807, 2.05) is 65.8 Å². The number of para-hydroxylation sites is 2. The number of nitrogens with zero attached hydrogens (tertiary/aromatic N) is 1. The molecule has 5 heteroatoms. The van der Waals surface area contributed by atoms with E-state index in [1.54, 1.807) is 36.4 Å². The summed E-state index contributed by atoms with van der Waals surface area (Å²) in [7, 11) is 0. The van der Waals surface area contributed by atoms with Crippen LogP contribution >= 0.6 is 0 Å². The number of anilines is 3. The maximum absolute atomic E-state index is 10.2. The van der Waals surface area contributed by atoms with Gasteiger partial charge in [0.2, 0.25) is 0 Å². The summed E-state index contributed by atoms with van der Waals surface area (Å²) in [4.78, 5) is 2.12. The number of benzene rings is 4. The second kappa shape index (κ2) is 9.26. The quantitative estimate of drug-likeness (QED) is 0.277. The van der Waals surface area contributed by atoms with E-state index in [0.717, 1.165) is 50.4 Å². The first-order valence-electron chi connectivity index (χ1n) is 11.5. The van der Waals surface area contributed by atoms with Gasteiger partial charge in [-0.3, -0.25) is 0 Å². The molecule has 0 saturated heterocycles. The van der Waals surface area contributed by atoms with Gasteiger partial charge in [-0.25, -0.2) is 0 Å². The molecule has 180 valence electrons. The second-order valence-electron chi connectivity index (χ2n) is 9.15. The highest BCUT2D eigenvalue weighted by Crippen LogP contribution is 2.48. The van der Waals surface area contributed by atoms with Crippen molar-refractivity contribution in [2.45, 2.75) is 41.5 Å². The Morgan fingerprint density at radius 2 is 0.971 bits per heavy atom. The Morgan fingerprint density at radius 3 is 1.49 bits per heavy atom. The standard InChI is InChI=1S/C30H31NO4/c1-17-11-25(34)16-28(22(17)6)35-27-10-8-7-9-26(27)31(29-18(2)12-23(32)13-19(29)3)30-20(4)14-24(33)15-21(30)5/h7-16,32-34H,1-6H3. The number of aryl methyl sites for hydroxylation is 5. The summed E-state index contributed by atoms with van der Waals surface area (Å²) in [5.74, 6) is 1.75. The molecule has 0 unspecified atom stereocenters. The molecule has 4 aromatic rings. The highest BCUT2D eigenvalue weighted by atomic mass is 16.5. The van der Waals surface area contributed by atoms with Crippen LogP contribution in [0.15, 0.2) is 60.7 Å². The summed E-state index contributed by atoms with van der Waals surface area (Å²) < 4.78 is 6.43. The molecule has 0 saturated carbocycles. The van der Waals surface area contributed by atoms with Gasteiger partial charge in [-0.1, -0.05) is 12.1 Å². The third kappa shape index (κ3) is 4.62. The summed E-state index contributed by atoms with van der Waals surface area (Å²) in [5.41, 5.74) is 8.09. The van der Waals surface area contributed by atoms with Crippen LogP contribution in [-0.4, -0.2) is 15.3 Å². The molecule has 0 aliphatic carbocycles. The summed E-state index contributed by atoms with van der Waals surface area (Å²) in [5, 5.41) is 30.6. The lowest BCUT2D eigenvalue weighted by Gasteiger charge is -2.32. The number of aromatic hydroxyl groups is 3. The average Bonchev–Trinajstić information content (AvgIpc) is 2.75. The van der Waals surface area contributed by atoms with Crippen LogP contribution in [0.3, 0.4) is 0 Å². The molecule has 5 nitrogen and oxygen atoms in total. The Hall–Kier alpha value is -4.12. The van der Waals surface area contributed by atoms with E-state index in [-0.39, 0.29) is 17.2 Å². The fourth-order valence-electron chi connectivity index (χ4n) is 4.69. The van der Waals surface area contributed by atoms with Crippen molar-refractivity contribution >= 4 is 17.1 Å². The van der Waals surface area contributed by atoms with Crippen molar-refractivity contribution in [3.63, 3.8) is 0 Å². The van der Waals surface area contributed by atoms with Gasteiger partial charge in [0.25, 0.3) is 0 Å². The molecule has 4 aromatic carbocycles. The zero-order valence-electron chi connectivity index (χ0n) is 21.0. The molecular weight excluding hydrogens is 438 g/mol. The maximum atomic E-state index is 10.2. The van der Waals surface area contributed by atoms with Gasteiger partial charge in [-0.2, -0.15) is 0 Å². The van der Waals surface area contributed by atoms with Crippen molar-refractivity contribution in [1.29, 1.82) is 0 Å². The Kier molecular flexibility index (Phi) is 6.35. The second-order valence-corrected chi connectivity index (χ2v) is 9.15. The minimum Gasteiger partial charge on any atom is -0.508 e. The van der Waals surface area contributed by atoms with Crippen LogP contribution in [0.5, 0.6) is 28.7 Å². The van der Waals surface area contributed by atoms with E-state index in [0.29, 0.717) is 11.5 Å². The van der Waals surface area contributed by atoms with Crippen molar-refractivity contribution < 1.29 is 20.1 Å². The van der Waals surface area contributed by atoms with Gasteiger partial charge >= 0.3 is 0 Å². The van der Waals surface area contributed by atoms with Gasteiger partial charge in [-0.15, -0.1) is 0 Å². The lowest BCUT2D eigenvalue weighted by atomic mass is 10.0. The SMILES string of the molecule is Cc1cc(O)cc(Oc2ccccc2N(c2c(C)cc(O)cc2C)c2c(C)cc(O)cc2C)c1C. The van der Waals surface area contributed by atoms with Gasteiger partial charge in [-0.05, 0) is 117 Å². The van der Waals surface area contributed by atoms with E-state index in [2.05, 4.69) is 4.90 Å². The molecular formula is C30H31NO4. The predicted molar refractivity (Wildman–Crippen MR) is 141 cm³/mol. The minimum absolute atomic E-state index is 0.146. The van der Waals surface area contributed by atoms with Crippen LogP contribution in [0.1, 0.15) is 33.4 Å². The van der Waals surface area contributed by atoms with Crippen LogP contribution in [0.25, 0.3) is 0 Å². The molecule has 0 aliphatic heterocycles. The van der Waals surface area contributed by atoms with E-state index in [1.165, 1.54) is 0 Å². The highest BCUT2D eigenvalue weighted by Gasteiger charge is 2.24. The van der Waals surface area contributed by atoms with E-state index in [9.17, 15) is 15.3 Å². The molecule has 0 radical (unpaired) electrons. The molecule has 4 rings (SSSR count). The van der Waals surface area contributed by atoms with Gasteiger partial charge in [0.1, 0.15) is 23.0 Å². The van der Waals surface area contributed by atoms with E-state index < -0.39 is 0 Å². The summed E-state index contributed by atoms with van der Waals surface area (Å²) in [6, 6.07) is 18.1. The lowest BCUT2D eigenvalue weighted by Crippen LogP contribution is -2.16. The first-order valence-corrected chi connectivity index (χ1v) is 11.5. The zero-order chi connectivity index (χ0) is 25.4. The first-order chi connectivity index (χ1) is 16.6. The largest absolute Gasteiger partial charge is 0.508 e. The molecule has 35 heavy (non-hydrogen) atoms. The number of phenolic OH excluding ortho intramolecular Hbond substituents is 3. The van der Waals surface area contributed by atoms with Gasteiger partial charge in [0.05, 0.1) is 17.1 Å². The van der Waals surface area contributed by atoms with Gasteiger partial charge in [0, 0.05) is 6.07 Å². The van der Waals surface area contributed by atoms with E-state index >= 15 is 0 Å². The Bertz CT molecular complexity index is 1320. The van der Waals surface area contributed by atoms with Crippen LogP contribution < -0.4 is 9.64 Å². The predicted octanol–water partition coefficient (Wildman–Crippen LogP) is 7.92. The monoisotopic (exact) mass is 469 g/mol. The number of ether oxygens (including phenoxy) is 1. The van der Waals surface area contributed by atoms with Gasteiger partial charge in [0.15, 0.2) is 5.75 Å². The summed E-state index contributed by atoms with van der Waals surface area (Å²) >= 11 is 0. The average molecular weight is 470 g/mol. The van der Waals surface area contributed by atoms with Crippen LogP contribution in [0.2, 0.25) is 0 Å². The molecule has 0 heterocycles. The molecule has 0 aliphatic rings. The lowest BCUT2D eigenvalue weighted by molar-refractivity contribution is 0.452. The van der Waals surface area contributed by atoms with Crippen LogP contribution in [0.4, 0.5) is 17.1 Å². The Labute approximate surface area is 206 Å². The molecule has 0 spiro atoms. The zero-order valence-corrected chi connectivity index (χ0v) is 21.0. The highest BCUT2D eigenvalue weighted by molar-refractivity contribution is 5.86. The third-order valence-electron chi connectivity index (χ3n) is 6.33. The molecule has 3 N–H and O–H groups in total. The summed E-state index contributed by atoms with van der Waals surface area (Å²) in [6.07, 6.45) is 0. The number of hydrogen-bond acceptors (Lipinski definition) is 5. The van der Waals surface area contributed by atoms with Crippen LogP contribution in [0, 0.1) is 41.5 Å². The van der Waals surface area contributed by atoms with E-state index in [4.69, 9.17) is 4.74 Å².